The highest BCUT2D eigenvalue weighted by Crippen LogP contribution is 2.32. The van der Waals surface area contributed by atoms with Gasteiger partial charge in [0.15, 0.2) is 5.13 Å². The van der Waals surface area contributed by atoms with Crippen LogP contribution in [-0.4, -0.2) is 68.8 Å². The lowest BCUT2D eigenvalue weighted by atomic mass is 9.94. The molecule has 2 heterocycles. The van der Waals surface area contributed by atoms with E-state index in [9.17, 15) is 13.2 Å². The van der Waals surface area contributed by atoms with E-state index >= 15 is 0 Å². The first-order valence-corrected chi connectivity index (χ1v) is 15.2. The zero-order valence-corrected chi connectivity index (χ0v) is 25.6. The molecule has 0 aliphatic carbocycles. The van der Waals surface area contributed by atoms with Crippen molar-refractivity contribution in [3.8, 4) is 0 Å². The highest BCUT2D eigenvalue weighted by Gasteiger charge is 2.32. The SMILES string of the molecule is CC1CC(C)CN(S(=O)(=O)c2ccc(C(=O)N(CCCN(C)C)c3nc4ccc(Br)cc4s3)cc2)C1.Cl. The standard InChI is InChI=1S/C26H33BrN4O3S2.ClH/c1-18-14-19(2)17-30(16-18)36(33,34)22-9-6-20(7-10-22)25(32)31(13-5-12-29(3)4)26-28-23-11-8-21(27)15-24(23)35-26;/h6-11,15,18-19H,5,12-14,16-17H2,1-4H3;1H. The number of aromatic nitrogens is 1. The number of carbonyl (C=O) groups is 1. The highest BCUT2D eigenvalue weighted by atomic mass is 79.9. The fraction of sp³-hybridized carbons (Fsp3) is 0.462. The van der Waals surface area contributed by atoms with Crippen LogP contribution in [0.1, 0.15) is 37.0 Å². The van der Waals surface area contributed by atoms with Crippen molar-refractivity contribution in [2.75, 3.05) is 45.2 Å². The minimum atomic E-state index is -3.60. The Bertz CT molecular complexity index is 1320. The number of carbonyl (C=O) groups excluding carboxylic acids is 1. The Hall–Kier alpha value is -1.56. The number of anilines is 1. The van der Waals surface area contributed by atoms with Crippen molar-refractivity contribution >= 4 is 71.0 Å². The quantitative estimate of drug-likeness (QED) is 0.318. The molecule has 0 radical (unpaired) electrons. The Morgan fingerprint density at radius 1 is 1.08 bits per heavy atom. The summed E-state index contributed by atoms with van der Waals surface area (Å²) in [5.41, 5.74) is 1.29. The van der Waals surface area contributed by atoms with Gasteiger partial charge in [-0.05, 0) is 87.8 Å². The maximum Gasteiger partial charge on any atom is 0.260 e. The number of sulfonamides is 1. The van der Waals surface area contributed by atoms with Crippen LogP contribution in [0.2, 0.25) is 0 Å². The Morgan fingerprint density at radius 2 is 1.73 bits per heavy atom. The number of fused-ring (bicyclic) bond motifs is 1. The Kier molecular flexibility index (Phi) is 10.2. The van der Waals surface area contributed by atoms with Gasteiger partial charge in [0.2, 0.25) is 10.0 Å². The molecular formula is C26H34BrClN4O3S2. The fourth-order valence-corrected chi connectivity index (χ4v) is 7.93. The van der Waals surface area contributed by atoms with Crippen LogP contribution in [-0.2, 0) is 10.0 Å². The van der Waals surface area contributed by atoms with Crippen LogP contribution in [0.15, 0.2) is 51.8 Å². The molecule has 2 aromatic carbocycles. The monoisotopic (exact) mass is 628 g/mol. The lowest BCUT2D eigenvalue weighted by Gasteiger charge is -2.34. The Balaban J connectivity index is 0.00000380. The average molecular weight is 630 g/mol. The van der Waals surface area contributed by atoms with Gasteiger partial charge in [-0.1, -0.05) is 41.1 Å². The number of amides is 1. The zero-order valence-electron chi connectivity index (χ0n) is 21.6. The first kappa shape index (κ1) is 30.0. The van der Waals surface area contributed by atoms with Crippen LogP contribution in [0, 0.1) is 11.8 Å². The normalized spacial score (nSPS) is 18.6. The maximum absolute atomic E-state index is 13.6. The van der Waals surface area contributed by atoms with Gasteiger partial charge < -0.3 is 4.90 Å². The molecule has 0 spiro atoms. The molecule has 3 aromatic rings. The largest absolute Gasteiger partial charge is 0.309 e. The summed E-state index contributed by atoms with van der Waals surface area (Å²) in [5, 5.41) is 0.639. The van der Waals surface area contributed by atoms with Gasteiger partial charge >= 0.3 is 0 Å². The molecule has 4 rings (SSSR count). The molecule has 7 nitrogen and oxygen atoms in total. The van der Waals surface area contributed by atoms with Gasteiger partial charge in [0.05, 0.1) is 15.1 Å². The molecule has 1 aromatic heterocycles. The molecule has 11 heteroatoms. The Morgan fingerprint density at radius 3 is 2.35 bits per heavy atom. The summed E-state index contributed by atoms with van der Waals surface area (Å²) in [5.74, 6) is 0.472. The number of hydrogen-bond acceptors (Lipinski definition) is 6. The first-order chi connectivity index (χ1) is 17.0. The summed E-state index contributed by atoms with van der Waals surface area (Å²) in [6, 6.07) is 12.2. The van der Waals surface area contributed by atoms with E-state index in [-0.39, 0.29) is 23.2 Å². The molecule has 37 heavy (non-hydrogen) atoms. The van der Waals surface area contributed by atoms with Crippen LogP contribution in [0.25, 0.3) is 10.2 Å². The number of hydrogen-bond donors (Lipinski definition) is 0. The van der Waals surface area contributed by atoms with E-state index in [4.69, 9.17) is 4.98 Å². The van der Waals surface area contributed by atoms with Gasteiger partial charge in [0.1, 0.15) is 0 Å². The van der Waals surface area contributed by atoms with Crippen molar-refractivity contribution in [3.05, 3.63) is 52.5 Å². The van der Waals surface area contributed by atoms with E-state index in [0.717, 1.165) is 34.1 Å². The molecule has 1 amide bonds. The molecule has 1 aliphatic heterocycles. The molecule has 2 atom stereocenters. The first-order valence-electron chi connectivity index (χ1n) is 12.2. The molecule has 2 unspecified atom stereocenters. The van der Waals surface area contributed by atoms with E-state index in [1.807, 2.05) is 32.3 Å². The molecular weight excluding hydrogens is 596 g/mol. The van der Waals surface area contributed by atoms with E-state index < -0.39 is 10.0 Å². The lowest BCUT2D eigenvalue weighted by molar-refractivity contribution is 0.0986. The second kappa shape index (κ2) is 12.5. The smallest absolute Gasteiger partial charge is 0.260 e. The molecule has 0 N–H and O–H groups in total. The third-order valence-electron chi connectivity index (χ3n) is 6.38. The van der Waals surface area contributed by atoms with Crippen LogP contribution in [0.3, 0.4) is 0 Å². The van der Waals surface area contributed by atoms with Gasteiger partial charge in [-0.25, -0.2) is 13.4 Å². The predicted molar refractivity (Wildman–Crippen MR) is 158 cm³/mol. The van der Waals surface area contributed by atoms with E-state index in [1.54, 1.807) is 33.5 Å². The van der Waals surface area contributed by atoms with Crippen LogP contribution in [0.4, 0.5) is 5.13 Å². The van der Waals surface area contributed by atoms with E-state index in [1.165, 1.54) is 11.3 Å². The lowest BCUT2D eigenvalue weighted by Crippen LogP contribution is -2.42. The summed E-state index contributed by atoms with van der Waals surface area (Å²) >= 11 is 4.98. The van der Waals surface area contributed by atoms with Crippen LogP contribution < -0.4 is 4.90 Å². The number of nitrogens with zero attached hydrogens (tertiary/aromatic N) is 4. The molecule has 202 valence electrons. The van der Waals surface area contributed by atoms with Gasteiger partial charge in [0, 0.05) is 29.7 Å². The van der Waals surface area contributed by atoms with Crippen molar-refractivity contribution in [3.63, 3.8) is 0 Å². The van der Waals surface area contributed by atoms with Gasteiger partial charge in [-0.3, -0.25) is 9.69 Å². The number of piperidine rings is 1. The maximum atomic E-state index is 13.6. The molecule has 1 fully saturated rings. The number of benzene rings is 2. The van der Waals surface area contributed by atoms with Crippen molar-refractivity contribution in [2.45, 2.75) is 31.6 Å². The average Bonchev–Trinajstić information content (AvgIpc) is 3.23. The van der Waals surface area contributed by atoms with Crippen molar-refractivity contribution < 1.29 is 13.2 Å². The van der Waals surface area contributed by atoms with Crippen molar-refractivity contribution in [1.29, 1.82) is 0 Å². The topological polar surface area (TPSA) is 73.8 Å². The van der Waals surface area contributed by atoms with Crippen LogP contribution in [0.5, 0.6) is 0 Å². The minimum absolute atomic E-state index is 0. The summed E-state index contributed by atoms with van der Waals surface area (Å²) in [6.07, 6.45) is 1.82. The number of halogens is 2. The summed E-state index contributed by atoms with van der Waals surface area (Å²) < 4.78 is 30.1. The van der Waals surface area contributed by atoms with Gasteiger partial charge in [-0.15, -0.1) is 12.4 Å². The van der Waals surface area contributed by atoms with E-state index in [2.05, 4.69) is 34.7 Å². The fourth-order valence-electron chi connectivity index (χ4n) is 4.71. The number of thiazole rings is 1. The molecule has 0 saturated carbocycles. The molecule has 1 aliphatic rings. The van der Waals surface area contributed by atoms with Gasteiger partial charge in [0.25, 0.3) is 5.91 Å². The Labute approximate surface area is 238 Å². The number of rotatable bonds is 8. The highest BCUT2D eigenvalue weighted by molar-refractivity contribution is 9.10. The summed E-state index contributed by atoms with van der Waals surface area (Å²) in [4.78, 5) is 22.4. The minimum Gasteiger partial charge on any atom is -0.309 e. The second-order valence-electron chi connectivity index (χ2n) is 10.0. The zero-order chi connectivity index (χ0) is 26.0. The summed E-state index contributed by atoms with van der Waals surface area (Å²) in [6.45, 7) is 6.59. The van der Waals surface area contributed by atoms with Gasteiger partial charge in [-0.2, -0.15) is 4.31 Å². The third-order valence-corrected chi connectivity index (χ3v) is 9.76. The molecule has 0 bridgehead atoms. The van der Waals surface area contributed by atoms with Crippen molar-refractivity contribution in [2.24, 2.45) is 11.8 Å². The van der Waals surface area contributed by atoms with Crippen LogP contribution >= 0.6 is 39.7 Å². The third kappa shape index (κ3) is 7.10. The van der Waals surface area contributed by atoms with E-state index in [0.29, 0.717) is 42.2 Å². The van der Waals surface area contributed by atoms with Crippen molar-refractivity contribution in [1.82, 2.24) is 14.2 Å². The predicted octanol–water partition coefficient (Wildman–Crippen LogP) is 5.75. The molecule has 1 saturated heterocycles. The summed E-state index contributed by atoms with van der Waals surface area (Å²) in [7, 11) is 0.409. The second-order valence-corrected chi connectivity index (χ2v) is 13.9.